The van der Waals surface area contributed by atoms with Gasteiger partial charge in [-0.1, -0.05) is 49.2 Å². The zero-order valence-electron chi connectivity index (χ0n) is 16.8. The van der Waals surface area contributed by atoms with E-state index in [0.29, 0.717) is 23.3 Å². The minimum atomic E-state index is -0.499. The molecule has 0 unspecified atom stereocenters. The number of tetrazole rings is 1. The van der Waals surface area contributed by atoms with Crippen LogP contribution in [0.3, 0.4) is 0 Å². The zero-order valence-corrected chi connectivity index (χ0v) is 17.6. The first-order chi connectivity index (χ1) is 14.7. The van der Waals surface area contributed by atoms with Crippen molar-refractivity contribution in [3.8, 4) is 11.4 Å². The molecular weight excluding hydrogens is 406 g/mol. The average Bonchev–Trinajstić information content (AvgIpc) is 3.37. The Morgan fingerprint density at radius 1 is 1.33 bits per heavy atom. The van der Waals surface area contributed by atoms with E-state index >= 15 is 0 Å². The van der Waals surface area contributed by atoms with Crippen LogP contribution in [-0.2, 0) is 23.2 Å². The van der Waals surface area contributed by atoms with Crippen LogP contribution in [0.15, 0.2) is 34.8 Å². The largest absolute Gasteiger partial charge is 0.449 e. The third kappa shape index (κ3) is 6.08. The summed E-state index contributed by atoms with van der Waals surface area (Å²) in [6, 6.07) is 7.61. The van der Waals surface area contributed by atoms with Crippen LogP contribution in [0.5, 0.6) is 0 Å². The molecule has 30 heavy (non-hydrogen) atoms. The van der Waals surface area contributed by atoms with E-state index in [2.05, 4.69) is 37.9 Å². The van der Waals surface area contributed by atoms with Gasteiger partial charge in [-0.15, -0.1) is 16.4 Å². The Labute approximate surface area is 177 Å². The number of ether oxygens (including phenoxy) is 1. The summed E-state index contributed by atoms with van der Waals surface area (Å²) in [6.45, 7) is 2.67. The monoisotopic (exact) mass is 429 g/mol. The molecule has 0 fully saturated rings. The second-order valence-corrected chi connectivity index (χ2v) is 7.19. The smallest absolute Gasteiger partial charge is 0.413 e. The maximum Gasteiger partial charge on any atom is 0.413 e. The third-order valence-corrected chi connectivity index (χ3v) is 4.85. The van der Waals surface area contributed by atoms with E-state index in [1.165, 1.54) is 11.3 Å². The van der Waals surface area contributed by atoms with Gasteiger partial charge in [0, 0.05) is 23.6 Å². The summed E-state index contributed by atoms with van der Waals surface area (Å²) in [7, 11) is 1.77. The Kier molecular flexibility index (Phi) is 7.84. The minimum Gasteiger partial charge on any atom is -0.449 e. The number of nitrogens with one attached hydrogen (secondary N) is 1. The van der Waals surface area contributed by atoms with Crippen molar-refractivity contribution in [2.75, 3.05) is 11.9 Å². The molecule has 3 aromatic rings. The van der Waals surface area contributed by atoms with Crippen LogP contribution in [0, 0.1) is 0 Å². The van der Waals surface area contributed by atoms with E-state index < -0.39 is 6.09 Å². The number of nitrogens with zero attached hydrogens (tertiary/aromatic N) is 6. The molecule has 0 bridgehead atoms. The van der Waals surface area contributed by atoms with Gasteiger partial charge in [-0.05, 0) is 16.8 Å². The van der Waals surface area contributed by atoms with E-state index in [0.717, 1.165) is 30.4 Å². The van der Waals surface area contributed by atoms with Crippen LogP contribution >= 0.6 is 11.3 Å². The van der Waals surface area contributed by atoms with E-state index in [-0.39, 0.29) is 6.61 Å². The van der Waals surface area contributed by atoms with Gasteiger partial charge in [-0.2, -0.15) is 0 Å². The Morgan fingerprint density at radius 3 is 3.00 bits per heavy atom. The molecular formula is C19H23N7O3S. The first-order valence-corrected chi connectivity index (χ1v) is 10.4. The van der Waals surface area contributed by atoms with Crippen molar-refractivity contribution in [3.05, 3.63) is 40.9 Å². The lowest BCUT2D eigenvalue weighted by Crippen LogP contribution is -2.14. The van der Waals surface area contributed by atoms with Crippen LogP contribution in [-0.4, -0.2) is 44.1 Å². The van der Waals surface area contributed by atoms with Gasteiger partial charge < -0.3 is 9.57 Å². The standard InChI is InChI=1S/C19H23N7O3S/c1-3-4-7-10-28-19(27)22-18-21-15(13-30-18)12-29-20-11-14-8-5-6-9-16(14)17-23-24-25-26(17)2/h5-6,8-9,11,13H,3-4,7,10,12H2,1-2H3,(H,21,22,27). The fraction of sp³-hybridized carbons (Fsp3) is 0.368. The highest BCUT2D eigenvalue weighted by atomic mass is 32.1. The lowest BCUT2D eigenvalue weighted by atomic mass is 10.1. The van der Waals surface area contributed by atoms with Crippen molar-refractivity contribution in [1.29, 1.82) is 0 Å². The molecule has 0 aliphatic rings. The molecule has 1 aromatic carbocycles. The minimum absolute atomic E-state index is 0.175. The molecule has 2 aromatic heterocycles. The maximum absolute atomic E-state index is 11.7. The molecule has 0 aliphatic carbocycles. The van der Waals surface area contributed by atoms with E-state index in [9.17, 15) is 4.79 Å². The van der Waals surface area contributed by atoms with Gasteiger partial charge in [0.25, 0.3) is 0 Å². The molecule has 10 nitrogen and oxygen atoms in total. The summed E-state index contributed by atoms with van der Waals surface area (Å²) in [6.07, 6.45) is 4.07. The molecule has 0 atom stereocenters. The van der Waals surface area contributed by atoms with E-state index in [4.69, 9.17) is 9.57 Å². The maximum atomic E-state index is 11.7. The zero-order chi connectivity index (χ0) is 21.2. The highest BCUT2D eigenvalue weighted by molar-refractivity contribution is 7.13. The number of carbonyl (C=O) groups is 1. The number of aromatic nitrogens is 5. The van der Waals surface area contributed by atoms with Gasteiger partial charge >= 0.3 is 6.09 Å². The number of anilines is 1. The van der Waals surface area contributed by atoms with Gasteiger partial charge in [0.2, 0.25) is 0 Å². The first-order valence-electron chi connectivity index (χ1n) is 9.52. The van der Waals surface area contributed by atoms with Gasteiger partial charge in [-0.3, -0.25) is 5.32 Å². The van der Waals surface area contributed by atoms with Crippen molar-refractivity contribution in [3.63, 3.8) is 0 Å². The lowest BCUT2D eigenvalue weighted by Gasteiger charge is -2.04. The van der Waals surface area contributed by atoms with Crippen LogP contribution < -0.4 is 5.32 Å². The molecule has 3 rings (SSSR count). The average molecular weight is 430 g/mol. The highest BCUT2D eigenvalue weighted by Crippen LogP contribution is 2.19. The van der Waals surface area contributed by atoms with Gasteiger partial charge in [0.05, 0.1) is 18.5 Å². The molecule has 2 heterocycles. The lowest BCUT2D eigenvalue weighted by molar-refractivity contribution is 0.130. The molecule has 0 saturated carbocycles. The summed E-state index contributed by atoms with van der Waals surface area (Å²) in [5.41, 5.74) is 2.32. The Morgan fingerprint density at radius 2 is 2.20 bits per heavy atom. The molecule has 1 amide bonds. The summed E-state index contributed by atoms with van der Waals surface area (Å²) in [5.74, 6) is 0.633. The van der Waals surface area contributed by atoms with Crippen LogP contribution in [0.4, 0.5) is 9.93 Å². The van der Waals surface area contributed by atoms with Crippen molar-refractivity contribution < 1.29 is 14.4 Å². The number of rotatable bonds is 10. The van der Waals surface area contributed by atoms with Crippen LogP contribution in [0.2, 0.25) is 0 Å². The van der Waals surface area contributed by atoms with Crippen molar-refractivity contribution >= 4 is 28.8 Å². The summed E-state index contributed by atoms with van der Waals surface area (Å²) in [5, 5.41) is 20.4. The molecule has 0 aliphatic heterocycles. The quantitative estimate of drug-likeness (QED) is 0.297. The number of benzene rings is 1. The number of hydrogen-bond donors (Lipinski definition) is 1. The molecule has 158 valence electrons. The van der Waals surface area contributed by atoms with E-state index in [1.54, 1.807) is 23.3 Å². The van der Waals surface area contributed by atoms with Crippen molar-refractivity contribution in [2.45, 2.75) is 32.8 Å². The number of oxime groups is 1. The Balaban J connectivity index is 1.49. The SMILES string of the molecule is CCCCCOC(=O)Nc1nc(CON=Cc2ccccc2-c2nnnn2C)cs1. The van der Waals surface area contributed by atoms with Gasteiger partial charge in [0.1, 0.15) is 0 Å². The molecule has 0 spiro atoms. The van der Waals surface area contributed by atoms with Crippen LogP contribution in [0.25, 0.3) is 11.4 Å². The fourth-order valence-electron chi connectivity index (χ4n) is 2.54. The fourth-order valence-corrected chi connectivity index (χ4v) is 3.22. The normalized spacial score (nSPS) is 11.0. The van der Waals surface area contributed by atoms with E-state index in [1.807, 2.05) is 24.3 Å². The van der Waals surface area contributed by atoms with Gasteiger partial charge in [0.15, 0.2) is 17.6 Å². The second kappa shape index (κ2) is 11.0. The van der Waals surface area contributed by atoms with Crippen molar-refractivity contribution in [1.82, 2.24) is 25.2 Å². The van der Waals surface area contributed by atoms with Gasteiger partial charge in [-0.25, -0.2) is 14.5 Å². The third-order valence-electron chi connectivity index (χ3n) is 4.04. The number of carbonyl (C=O) groups excluding carboxylic acids is 1. The number of hydrogen-bond acceptors (Lipinski definition) is 9. The second-order valence-electron chi connectivity index (χ2n) is 6.33. The Hall–Kier alpha value is -3.34. The van der Waals surface area contributed by atoms with Crippen LogP contribution in [0.1, 0.15) is 37.4 Å². The molecule has 11 heteroatoms. The predicted octanol–water partition coefficient (Wildman–Crippen LogP) is 3.62. The molecule has 0 saturated heterocycles. The highest BCUT2D eigenvalue weighted by Gasteiger charge is 2.10. The summed E-state index contributed by atoms with van der Waals surface area (Å²) in [4.78, 5) is 21.4. The number of unbranched alkanes of at least 4 members (excludes halogenated alkanes) is 2. The predicted molar refractivity (Wildman–Crippen MR) is 113 cm³/mol. The number of amides is 1. The van der Waals surface area contributed by atoms with Crippen molar-refractivity contribution in [2.24, 2.45) is 12.2 Å². The topological polar surface area (TPSA) is 116 Å². The summed E-state index contributed by atoms with van der Waals surface area (Å²) >= 11 is 1.30. The first kappa shape index (κ1) is 21.4. The number of thiazole rings is 1. The molecule has 1 N–H and O–H groups in total. The Bertz CT molecular complexity index is 986. The number of aryl methyl sites for hydroxylation is 1. The molecule has 0 radical (unpaired) electrons. The summed E-state index contributed by atoms with van der Waals surface area (Å²) < 4.78 is 6.69.